The first-order valence-electron chi connectivity index (χ1n) is 11.3. The molecule has 2 aromatic rings. The predicted octanol–water partition coefficient (Wildman–Crippen LogP) is 3.15. The Kier molecular flexibility index (Phi) is 7.02. The van der Waals surface area contributed by atoms with Crippen molar-refractivity contribution in [1.82, 2.24) is 10.6 Å². The number of methoxy groups -OCH3 is 1. The Morgan fingerprint density at radius 1 is 1.03 bits per heavy atom. The third-order valence-corrected chi connectivity index (χ3v) is 6.34. The van der Waals surface area contributed by atoms with Crippen molar-refractivity contribution >= 4 is 18.0 Å². The van der Waals surface area contributed by atoms with Crippen molar-refractivity contribution in [2.45, 2.75) is 36.8 Å². The van der Waals surface area contributed by atoms with Crippen molar-refractivity contribution in [3.8, 4) is 11.1 Å². The number of benzene rings is 2. The second-order valence-electron chi connectivity index (χ2n) is 8.73. The van der Waals surface area contributed by atoms with Gasteiger partial charge in [0, 0.05) is 13.0 Å². The van der Waals surface area contributed by atoms with E-state index in [0.717, 1.165) is 22.3 Å². The van der Waals surface area contributed by atoms with Gasteiger partial charge in [-0.3, -0.25) is 4.79 Å². The largest absolute Gasteiger partial charge is 0.480 e. The number of fused-ring (bicyclic) bond motifs is 3. The summed E-state index contributed by atoms with van der Waals surface area (Å²) in [5.74, 6) is -8.22. The molecule has 2 aliphatic carbocycles. The topological polar surface area (TPSA) is 114 Å². The molecule has 1 fully saturated rings. The molecule has 2 atom stereocenters. The molecule has 10 heteroatoms. The number of amides is 2. The molecule has 1 saturated carbocycles. The fourth-order valence-electron chi connectivity index (χ4n) is 4.44. The Morgan fingerprint density at radius 2 is 1.60 bits per heavy atom. The minimum atomic E-state index is -4.05. The van der Waals surface area contributed by atoms with Crippen molar-refractivity contribution in [2.75, 3.05) is 20.3 Å². The van der Waals surface area contributed by atoms with Crippen LogP contribution >= 0.6 is 0 Å². The Morgan fingerprint density at radius 3 is 2.11 bits per heavy atom. The number of alkyl carbamates (subject to hydrolysis) is 1. The highest BCUT2D eigenvalue weighted by atomic mass is 19.3. The second-order valence-corrected chi connectivity index (χ2v) is 8.73. The van der Waals surface area contributed by atoms with Gasteiger partial charge in [0.25, 0.3) is 5.91 Å². The lowest BCUT2D eigenvalue weighted by molar-refractivity contribution is -0.156. The third kappa shape index (κ3) is 5.12. The van der Waals surface area contributed by atoms with Gasteiger partial charge < -0.3 is 25.2 Å². The van der Waals surface area contributed by atoms with Gasteiger partial charge in [-0.2, -0.15) is 8.78 Å². The summed E-state index contributed by atoms with van der Waals surface area (Å²) in [6, 6.07) is 12.0. The highest BCUT2D eigenvalue weighted by Crippen LogP contribution is 2.44. The molecule has 0 heterocycles. The molecule has 3 N–H and O–H groups in total. The molecule has 8 nitrogen and oxygen atoms in total. The van der Waals surface area contributed by atoms with Gasteiger partial charge in [0.15, 0.2) is 6.04 Å². The normalized spacial score (nSPS) is 16.5. The molecule has 0 aromatic heterocycles. The van der Waals surface area contributed by atoms with Gasteiger partial charge in [-0.25, -0.2) is 9.59 Å². The highest BCUT2D eigenvalue weighted by molar-refractivity contribution is 5.89. The maximum atomic E-state index is 15.0. The number of halogens is 2. The third-order valence-electron chi connectivity index (χ3n) is 6.34. The van der Waals surface area contributed by atoms with Crippen LogP contribution in [0, 0.1) is 5.92 Å². The van der Waals surface area contributed by atoms with E-state index in [-0.39, 0.29) is 12.5 Å². The first-order chi connectivity index (χ1) is 16.7. The van der Waals surface area contributed by atoms with E-state index in [1.807, 2.05) is 48.5 Å². The van der Waals surface area contributed by atoms with E-state index in [1.54, 1.807) is 5.32 Å². The van der Waals surface area contributed by atoms with Crippen molar-refractivity contribution in [1.29, 1.82) is 0 Å². The zero-order valence-electron chi connectivity index (χ0n) is 19.0. The van der Waals surface area contributed by atoms with Crippen LogP contribution in [-0.4, -0.2) is 61.4 Å². The smallest absolute Gasteiger partial charge is 0.407 e. The predicted molar refractivity (Wildman–Crippen MR) is 121 cm³/mol. The van der Waals surface area contributed by atoms with Gasteiger partial charge >= 0.3 is 18.0 Å². The number of hydrogen-bond donors (Lipinski definition) is 3. The summed E-state index contributed by atoms with van der Waals surface area (Å²) in [5.41, 5.74) is 4.01. The fourth-order valence-corrected chi connectivity index (χ4v) is 4.44. The van der Waals surface area contributed by atoms with Crippen LogP contribution in [0.2, 0.25) is 0 Å². The number of ether oxygens (including phenoxy) is 2. The first kappa shape index (κ1) is 24.6. The molecule has 0 aliphatic heterocycles. The van der Waals surface area contributed by atoms with Crippen LogP contribution in [0.25, 0.3) is 11.1 Å². The zero-order chi connectivity index (χ0) is 25.2. The van der Waals surface area contributed by atoms with Crippen molar-refractivity contribution in [3.05, 3.63) is 59.7 Å². The molecule has 0 bridgehead atoms. The number of rotatable bonds is 10. The monoisotopic (exact) mass is 488 g/mol. The summed E-state index contributed by atoms with van der Waals surface area (Å²) in [6.45, 7) is -0.547. The number of carboxylic acid groups (broad SMARTS) is 1. The van der Waals surface area contributed by atoms with Gasteiger partial charge in [-0.05, 0) is 41.0 Å². The van der Waals surface area contributed by atoms with Crippen LogP contribution < -0.4 is 10.6 Å². The summed E-state index contributed by atoms with van der Waals surface area (Å²) in [7, 11) is 1.19. The van der Waals surface area contributed by atoms with Crippen molar-refractivity contribution < 1.29 is 37.7 Å². The summed E-state index contributed by atoms with van der Waals surface area (Å²) >= 11 is 0. The molecular weight excluding hydrogens is 462 g/mol. The number of nitrogens with one attached hydrogen (secondary N) is 2. The van der Waals surface area contributed by atoms with E-state index in [1.165, 1.54) is 7.11 Å². The van der Waals surface area contributed by atoms with Crippen molar-refractivity contribution in [3.63, 3.8) is 0 Å². The van der Waals surface area contributed by atoms with E-state index >= 15 is 8.78 Å². The van der Waals surface area contributed by atoms with Gasteiger partial charge in [-0.1, -0.05) is 48.5 Å². The first-order valence-corrected chi connectivity index (χ1v) is 11.3. The number of aliphatic carboxylic acids is 1. The van der Waals surface area contributed by atoms with Gasteiger partial charge in [0.1, 0.15) is 12.6 Å². The minimum absolute atomic E-state index is 0.0655. The van der Waals surface area contributed by atoms with Crippen LogP contribution in [0.3, 0.4) is 0 Å². The fraction of sp³-hybridized carbons (Fsp3) is 0.400. The average molecular weight is 488 g/mol. The minimum Gasteiger partial charge on any atom is -0.480 e. The summed E-state index contributed by atoms with van der Waals surface area (Å²) in [6.07, 6.45) is -0.266. The van der Waals surface area contributed by atoms with Gasteiger partial charge in [0.2, 0.25) is 0 Å². The molecule has 0 radical (unpaired) electrons. The lowest BCUT2D eigenvalue weighted by Crippen LogP contribution is -2.59. The van der Waals surface area contributed by atoms with E-state index in [2.05, 4.69) is 10.1 Å². The molecule has 35 heavy (non-hydrogen) atoms. The molecule has 0 spiro atoms. The van der Waals surface area contributed by atoms with Crippen molar-refractivity contribution in [2.24, 2.45) is 5.92 Å². The van der Waals surface area contributed by atoms with Crippen LogP contribution in [0.15, 0.2) is 48.5 Å². The Labute approximate surface area is 200 Å². The SMILES string of the molecule is COC[C@H](NC(=O)C(F)(F)C(NC(=O)OCC1c2ccccc2-c2ccccc21)C1CC1)C(=O)O. The molecular formula is C25H26F2N2O6. The zero-order valence-corrected chi connectivity index (χ0v) is 19.0. The quantitative estimate of drug-likeness (QED) is 0.474. The second kappa shape index (κ2) is 9.99. The molecule has 186 valence electrons. The van der Waals surface area contributed by atoms with E-state index < -0.39 is 48.5 Å². The summed E-state index contributed by atoms with van der Waals surface area (Å²) in [4.78, 5) is 36.0. The lowest BCUT2D eigenvalue weighted by atomic mass is 9.98. The highest BCUT2D eigenvalue weighted by Gasteiger charge is 2.55. The van der Waals surface area contributed by atoms with E-state index in [0.29, 0.717) is 12.8 Å². The summed E-state index contributed by atoms with van der Waals surface area (Å²) < 4.78 is 40.0. The number of carboxylic acids is 1. The molecule has 0 saturated heterocycles. The molecule has 2 amide bonds. The number of alkyl halides is 2. The standard InChI is InChI=1S/C25H26F2N2O6/c1-34-13-20(22(30)31)28-23(32)25(26,27)21(14-10-11-14)29-24(33)35-12-19-17-8-4-2-6-15(17)16-7-3-5-9-18(16)19/h2-9,14,19-21H,10-13H2,1H3,(H,28,32)(H,29,33)(H,30,31)/t20-,21?/m0/s1. The maximum Gasteiger partial charge on any atom is 0.407 e. The van der Waals surface area contributed by atoms with Crippen LogP contribution in [0.5, 0.6) is 0 Å². The number of hydrogen-bond acceptors (Lipinski definition) is 5. The average Bonchev–Trinajstić information content (AvgIpc) is 3.63. The molecule has 2 aliphatic rings. The Balaban J connectivity index is 1.43. The van der Waals surface area contributed by atoms with Crippen LogP contribution in [0.4, 0.5) is 13.6 Å². The molecule has 2 aromatic carbocycles. The van der Waals surface area contributed by atoms with Gasteiger partial charge in [-0.15, -0.1) is 0 Å². The van der Waals surface area contributed by atoms with E-state index in [4.69, 9.17) is 9.84 Å². The van der Waals surface area contributed by atoms with Crippen LogP contribution in [-0.2, 0) is 19.1 Å². The number of carbonyl (C=O) groups is 3. The van der Waals surface area contributed by atoms with Crippen LogP contribution in [0.1, 0.15) is 29.9 Å². The maximum absolute atomic E-state index is 15.0. The lowest BCUT2D eigenvalue weighted by Gasteiger charge is -2.28. The van der Waals surface area contributed by atoms with E-state index in [9.17, 15) is 14.4 Å². The number of carbonyl (C=O) groups excluding carboxylic acids is 2. The Hall–Kier alpha value is -3.53. The molecule has 4 rings (SSSR count). The van der Waals surface area contributed by atoms with Gasteiger partial charge in [0.05, 0.1) is 6.61 Å². The Bertz CT molecular complexity index is 1080. The molecule has 1 unspecified atom stereocenters. The summed E-state index contributed by atoms with van der Waals surface area (Å²) in [5, 5.41) is 13.1.